The highest BCUT2D eigenvalue weighted by atomic mass is 32.1. The van der Waals surface area contributed by atoms with E-state index in [0.29, 0.717) is 12.5 Å². The van der Waals surface area contributed by atoms with Crippen molar-refractivity contribution in [1.82, 2.24) is 19.8 Å². The lowest BCUT2D eigenvalue weighted by Gasteiger charge is -2.32. The van der Waals surface area contributed by atoms with E-state index in [1.807, 2.05) is 4.90 Å². The van der Waals surface area contributed by atoms with Gasteiger partial charge in [0.25, 0.3) is 5.56 Å². The molecule has 0 bridgehead atoms. The molecule has 0 unspecified atom stereocenters. The number of nitrogens with zero attached hydrogens (tertiary/aromatic N) is 3. The highest BCUT2D eigenvalue weighted by molar-refractivity contribution is 7.09. The number of carbonyl (C=O) groups is 1. The number of nitrogens with one attached hydrogen (secondary N) is 1. The van der Waals surface area contributed by atoms with Gasteiger partial charge in [0.2, 0.25) is 5.91 Å². The van der Waals surface area contributed by atoms with Crippen molar-refractivity contribution in [1.29, 1.82) is 0 Å². The fraction of sp³-hybridized carbons (Fsp3) is 0.571. The molecule has 0 radical (unpaired) electrons. The first-order valence-electron chi connectivity index (χ1n) is 10.3. The summed E-state index contributed by atoms with van der Waals surface area (Å²) in [6.45, 7) is 4.08. The molecule has 148 valence electrons. The largest absolute Gasteiger partial charge is 0.342 e. The number of thiophene rings is 1. The summed E-state index contributed by atoms with van der Waals surface area (Å²) in [5.74, 6) is 1.70. The van der Waals surface area contributed by atoms with Gasteiger partial charge in [0, 0.05) is 55.9 Å². The van der Waals surface area contributed by atoms with E-state index in [-0.39, 0.29) is 17.4 Å². The predicted molar refractivity (Wildman–Crippen MR) is 108 cm³/mol. The highest BCUT2D eigenvalue weighted by Crippen LogP contribution is 2.34. The number of carbonyl (C=O) groups excluding carboxylic acids is 1. The number of rotatable bonds is 4. The quantitative estimate of drug-likeness (QED) is 0.859. The van der Waals surface area contributed by atoms with Gasteiger partial charge in [-0.15, -0.1) is 11.3 Å². The van der Waals surface area contributed by atoms with Gasteiger partial charge in [-0.1, -0.05) is 6.07 Å². The molecule has 3 aliphatic rings. The third kappa shape index (κ3) is 3.65. The minimum Gasteiger partial charge on any atom is -0.342 e. The Hall–Kier alpha value is -1.99. The molecule has 2 fully saturated rings. The molecule has 1 saturated heterocycles. The maximum absolute atomic E-state index is 12.8. The fourth-order valence-electron chi connectivity index (χ4n) is 4.41. The molecule has 5 rings (SSSR count). The van der Waals surface area contributed by atoms with Crippen LogP contribution >= 0.6 is 11.3 Å². The summed E-state index contributed by atoms with van der Waals surface area (Å²) in [6, 6.07) is 4.22. The van der Waals surface area contributed by atoms with Crippen molar-refractivity contribution in [2.24, 2.45) is 5.92 Å². The number of hydrogen-bond donors (Lipinski definition) is 1. The number of aromatic nitrogens is 2. The molecule has 4 heterocycles. The smallest absolute Gasteiger partial charge is 0.255 e. The Morgan fingerprint density at radius 3 is 2.75 bits per heavy atom. The molecule has 1 N–H and O–H groups in total. The number of piperidine rings is 1. The van der Waals surface area contributed by atoms with Crippen LogP contribution in [0.4, 0.5) is 0 Å². The zero-order chi connectivity index (χ0) is 19.1. The standard InChI is InChI=1S/C21H26N4O2S/c26-20-17-13-24(12-16-2-1-11-28-16)8-7-18(17)22-19(23-20)14-5-9-25(10-6-14)21(27)15-3-4-15/h1-2,11,14-15H,3-10,12-13H2,(H,22,23,26). The summed E-state index contributed by atoms with van der Waals surface area (Å²) in [5, 5.41) is 2.09. The molecule has 1 amide bonds. The molecule has 7 heteroatoms. The molecule has 2 aromatic rings. The van der Waals surface area contributed by atoms with Gasteiger partial charge in [-0.25, -0.2) is 4.98 Å². The van der Waals surface area contributed by atoms with E-state index in [0.717, 1.165) is 75.4 Å². The number of likely N-dealkylation sites (tertiary alicyclic amines) is 1. The Bertz CT molecular complexity index is 911. The lowest BCUT2D eigenvalue weighted by atomic mass is 9.95. The van der Waals surface area contributed by atoms with Crippen LogP contribution in [0.3, 0.4) is 0 Å². The van der Waals surface area contributed by atoms with Crippen LogP contribution in [0, 0.1) is 5.92 Å². The first-order chi connectivity index (χ1) is 13.7. The zero-order valence-electron chi connectivity index (χ0n) is 16.0. The Morgan fingerprint density at radius 2 is 2.04 bits per heavy atom. The zero-order valence-corrected chi connectivity index (χ0v) is 16.8. The molecule has 0 aromatic carbocycles. The van der Waals surface area contributed by atoms with Crippen molar-refractivity contribution < 1.29 is 4.79 Å². The van der Waals surface area contributed by atoms with Crippen LogP contribution in [0.5, 0.6) is 0 Å². The van der Waals surface area contributed by atoms with Crippen LogP contribution in [-0.4, -0.2) is 45.3 Å². The number of hydrogen-bond acceptors (Lipinski definition) is 5. The van der Waals surface area contributed by atoms with E-state index < -0.39 is 0 Å². The summed E-state index contributed by atoms with van der Waals surface area (Å²) < 4.78 is 0. The van der Waals surface area contributed by atoms with Gasteiger partial charge in [0.15, 0.2) is 0 Å². The van der Waals surface area contributed by atoms with Crippen LogP contribution in [0.15, 0.2) is 22.3 Å². The van der Waals surface area contributed by atoms with Crippen LogP contribution in [0.2, 0.25) is 0 Å². The molecule has 2 aliphatic heterocycles. The van der Waals surface area contributed by atoms with Crippen molar-refractivity contribution in [3.8, 4) is 0 Å². The molecule has 28 heavy (non-hydrogen) atoms. The lowest BCUT2D eigenvalue weighted by Crippen LogP contribution is -2.40. The third-order valence-electron chi connectivity index (χ3n) is 6.25. The predicted octanol–water partition coefficient (Wildman–Crippen LogP) is 2.51. The van der Waals surface area contributed by atoms with Gasteiger partial charge in [0.05, 0.1) is 11.3 Å². The van der Waals surface area contributed by atoms with Crippen LogP contribution < -0.4 is 5.56 Å². The van der Waals surface area contributed by atoms with E-state index in [1.165, 1.54) is 4.88 Å². The Kier molecular flexibility index (Phi) is 4.80. The molecule has 2 aromatic heterocycles. The molecule has 1 saturated carbocycles. The second-order valence-electron chi connectivity index (χ2n) is 8.29. The maximum atomic E-state index is 12.8. The van der Waals surface area contributed by atoms with E-state index in [9.17, 15) is 9.59 Å². The first-order valence-corrected chi connectivity index (χ1v) is 11.2. The minimum absolute atomic E-state index is 0.0207. The van der Waals surface area contributed by atoms with Gasteiger partial charge in [0.1, 0.15) is 5.82 Å². The van der Waals surface area contributed by atoms with Crippen molar-refractivity contribution in [3.63, 3.8) is 0 Å². The number of fused-ring (bicyclic) bond motifs is 1. The highest BCUT2D eigenvalue weighted by Gasteiger charge is 2.35. The SMILES string of the molecule is O=C(C1CC1)N1CCC(c2nc3c(c(=O)[nH]2)CN(Cc2cccs2)CC3)CC1. The first kappa shape index (κ1) is 18.1. The topological polar surface area (TPSA) is 69.3 Å². The maximum Gasteiger partial charge on any atom is 0.255 e. The summed E-state index contributed by atoms with van der Waals surface area (Å²) in [5.41, 5.74) is 1.82. The molecular weight excluding hydrogens is 372 g/mol. The average molecular weight is 399 g/mol. The molecule has 6 nitrogen and oxygen atoms in total. The summed E-state index contributed by atoms with van der Waals surface area (Å²) >= 11 is 1.76. The van der Waals surface area contributed by atoms with Crippen molar-refractivity contribution in [2.75, 3.05) is 19.6 Å². The lowest BCUT2D eigenvalue weighted by molar-refractivity contribution is -0.133. The minimum atomic E-state index is 0.0207. The molecular formula is C21H26N4O2S. The molecule has 0 spiro atoms. The Balaban J connectivity index is 1.26. The van der Waals surface area contributed by atoms with Crippen molar-refractivity contribution in [3.05, 3.63) is 49.8 Å². The van der Waals surface area contributed by atoms with Gasteiger partial charge in [-0.3, -0.25) is 14.5 Å². The van der Waals surface area contributed by atoms with Gasteiger partial charge in [-0.2, -0.15) is 0 Å². The van der Waals surface area contributed by atoms with Crippen LogP contribution in [-0.2, 0) is 24.3 Å². The van der Waals surface area contributed by atoms with Crippen molar-refractivity contribution in [2.45, 2.75) is 51.1 Å². The normalized spacial score (nSPS) is 20.9. The summed E-state index contributed by atoms with van der Waals surface area (Å²) in [6.07, 6.45) is 4.73. The van der Waals surface area contributed by atoms with E-state index in [2.05, 4.69) is 27.4 Å². The van der Waals surface area contributed by atoms with Crippen LogP contribution in [0.1, 0.15) is 53.6 Å². The summed E-state index contributed by atoms with van der Waals surface area (Å²) in [4.78, 5) is 38.6. The Morgan fingerprint density at radius 1 is 1.21 bits per heavy atom. The van der Waals surface area contributed by atoms with E-state index in [4.69, 9.17) is 4.98 Å². The Labute approximate surface area is 168 Å². The average Bonchev–Trinajstić information content (AvgIpc) is 3.45. The van der Waals surface area contributed by atoms with Gasteiger partial charge in [-0.05, 0) is 37.1 Å². The molecule has 1 aliphatic carbocycles. The number of aromatic amines is 1. The second-order valence-corrected chi connectivity index (χ2v) is 9.32. The number of H-pyrrole nitrogens is 1. The fourth-order valence-corrected chi connectivity index (χ4v) is 5.16. The van der Waals surface area contributed by atoms with Crippen molar-refractivity contribution >= 4 is 17.2 Å². The third-order valence-corrected chi connectivity index (χ3v) is 7.11. The second kappa shape index (κ2) is 7.44. The van der Waals surface area contributed by atoms with E-state index >= 15 is 0 Å². The molecule has 0 atom stereocenters. The summed E-state index contributed by atoms with van der Waals surface area (Å²) in [7, 11) is 0. The van der Waals surface area contributed by atoms with Gasteiger partial charge < -0.3 is 9.88 Å². The van der Waals surface area contributed by atoms with E-state index in [1.54, 1.807) is 11.3 Å². The van der Waals surface area contributed by atoms with Crippen LogP contribution in [0.25, 0.3) is 0 Å². The van der Waals surface area contributed by atoms with Gasteiger partial charge >= 0.3 is 0 Å². The monoisotopic (exact) mass is 398 g/mol. The number of amides is 1.